The van der Waals surface area contributed by atoms with Crippen LogP contribution in [0.5, 0.6) is 0 Å². The Morgan fingerprint density at radius 1 is 1.91 bits per heavy atom. The maximum absolute atomic E-state index is 11.1. The number of aryl methyl sites for hydroxylation is 1. The van der Waals surface area contributed by atoms with Crippen LogP contribution in [0.2, 0.25) is 0 Å². The first-order chi connectivity index (χ1) is 5.11. The van der Waals surface area contributed by atoms with Crippen LogP contribution in [-0.4, -0.2) is 19.3 Å². The molecule has 0 aliphatic heterocycles. The predicted octanol–water partition coefficient (Wildman–Crippen LogP) is -1.13. The first kappa shape index (κ1) is 7.93. The van der Waals surface area contributed by atoms with Gasteiger partial charge in [-0.25, -0.2) is 9.48 Å². The van der Waals surface area contributed by atoms with Gasteiger partial charge in [-0.15, -0.1) is 0 Å². The average molecular weight is 172 g/mol. The third-order valence-electron chi connectivity index (χ3n) is 1.19. The van der Waals surface area contributed by atoms with Gasteiger partial charge in [0.05, 0.1) is 11.5 Å². The van der Waals surface area contributed by atoms with E-state index in [-0.39, 0.29) is 17.2 Å². The molecular weight excluding hydrogens is 164 g/mol. The molecule has 1 aromatic rings. The first-order valence-electron chi connectivity index (χ1n) is 2.98. The molecule has 0 aromatic carbocycles. The zero-order chi connectivity index (χ0) is 8.43. The Labute approximate surface area is 68.4 Å². The molecular formula is C5H8N4OS. The van der Waals surface area contributed by atoms with Crippen molar-refractivity contribution in [3.05, 3.63) is 16.8 Å². The van der Waals surface area contributed by atoms with Crippen LogP contribution in [-0.2, 0) is 13.6 Å². The van der Waals surface area contributed by atoms with E-state index in [2.05, 4.69) is 17.3 Å². The zero-order valence-corrected chi connectivity index (χ0v) is 6.84. The quantitative estimate of drug-likeness (QED) is 0.573. The SMILES string of the molecule is Cn1cnn(CC(N)=S)c1=O. The van der Waals surface area contributed by atoms with Gasteiger partial charge in [-0.05, 0) is 0 Å². The minimum absolute atomic E-state index is 0.203. The highest BCUT2D eigenvalue weighted by molar-refractivity contribution is 7.80. The van der Waals surface area contributed by atoms with Crippen LogP contribution in [0.25, 0.3) is 0 Å². The van der Waals surface area contributed by atoms with Gasteiger partial charge in [0.2, 0.25) is 0 Å². The molecule has 0 unspecified atom stereocenters. The van der Waals surface area contributed by atoms with Crippen LogP contribution in [0.3, 0.4) is 0 Å². The molecule has 0 aliphatic carbocycles. The van der Waals surface area contributed by atoms with Crippen molar-refractivity contribution < 1.29 is 0 Å². The van der Waals surface area contributed by atoms with E-state index in [1.807, 2.05) is 0 Å². The zero-order valence-electron chi connectivity index (χ0n) is 6.02. The summed E-state index contributed by atoms with van der Waals surface area (Å²) in [7, 11) is 1.62. The Bertz CT molecular complexity index is 325. The molecule has 1 heterocycles. The highest BCUT2D eigenvalue weighted by Gasteiger charge is 2.00. The fraction of sp³-hybridized carbons (Fsp3) is 0.400. The number of nitrogens with zero attached hydrogens (tertiary/aromatic N) is 3. The fourth-order valence-corrected chi connectivity index (χ4v) is 0.799. The van der Waals surface area contributed by atoms with Gasteiger partial charge in [-0.2, -0.15) is 5.10 Å². The molecule has 0 radical (unpaired) electrons. The van der Waals surface area contributed by atoms with Gasteiger partial charge in [0.25, 0.3) is 0 Å². The molecule has 0 amide bonds. The Morgan fingerprint density at radius 3 is 2.91 bits per heavy atom. The van der Waals surface area contributed by atoms with Crippen molar-refractivity contribution in [3.63, 3.8) is 0 Å². The van der Waals surface area contributed by atoms with Crippen molar-refractivity contribution >= 4 is 17.2 Å². The molecule has 0 fully saturated rings. The van der Waals surface area contributed by atoms with Crippen molar-refractivity contribution in [3.8, 4) is 0 Å². The van der Waals surface area contributed by atoms with Gasteiger partial charge in [-0.1, -0.05) is 12.2 Å². The van der Waals surface area contributed by atoms with Gasteiger partial charge in [0.1, 0.15) is 6.33 Å². The van der Waals surface area contributed by atoms with Crippen molar-refractivity contribution in [1.29, 1.82) is 0 Å². The Morgan fingerprint density at radius 2 is 2.55 bits per heavy atom. The molecule has 1 aromatic heterocycles. The standard InChI is InChI=1S/C5H8N4OS/c1-8-3-7-9(5(8)10)2-4(6)11/h3H,2H2,1H3,(H2,6,11). The van der Waals surface area contributed by atoms with Crippen LogP contribution in [0, 0.1) is 0 Å². The monoisotopic (exact) mass is 172 g/mol. The Balaban J connectivity index is 2.97. The molecule has 0 bridgehead atoms. The second-order valence-electron chi connectivity index (χ2n) is 2.15. The van der Waals surface area contributed by atoms with Gasteiger partial charge in [-0.3, -0.25) is 4.57 Å². The Hall–Kier alpha value is -1.17. The normalized spacial score (nSPS) is 9.91. The minimum Gasteiger partial charge on any atom is -0.392 e. The van der Waals surface area contributed by atoms with Crippen molar-refractivity contribution in [2.75, 3.05) is 0 Å². The van der Waals surface area contributed by atoms with Crippen LogP contribution in [0.4, 0.5) is 0 Å². The maximum atomic E-state index is 11.1. The number of hydrogen-bond donors (Lipinski definition) is 1. The molecule has 0 saturated carbocycles. The molecule has 11 heavy (non-hydrogen) atoms. The lowest BCUT2D eigenvalue weighted by molar-refractivity contribution is 0.679. The third kappa shape index (κ3) is 1.64. The van der Waals surface area contributed by atoms with E-state index in [4.69, 9.17) is 5.73 Å². The summed E-state index contributed by atoms with van der Waals surface area (Å²) in [5, 5.41) is 3.76. The summed E-state index contributed by atoms with van der Waals surface area (Å²) in [5.74, 6) is 0. The maximum Gasteiger partial charge on any atom is 0.345 e. The number of nitrogens with two attached hydrogens (primary N) is 1. The van der Waals surface area contributed by atoms with Gasteiger partial charge in [0.15, 0.2) is 0 Å². The Kier molecular flexibility index (Phi) is 2.04. The topological polar surface area (TPSA) is 65.8 Å². The van der Waals surface area contributed by atoms with Gasteiger partial charge >= 0.3 is 5.69 Å². The number of hydrogen-bond acceptors (Lipinski definition) is 3. The van der Waals surface area contributed by atoms with E-state index in [0.29, 0.717) is 0 Å². The summed E-state index contributed by atoms with van der Waals surface area (Å²) >= 11 is 4.62. The summed E-state index contributed by atoms with van der Waals surface area (Å²) in [4.78, 5) is 11.3. The highest BCUT2D eigenvalue weighted by Crippen LogP contribution is 1.76. The lowest BCUT2D eigenvalue weighted by Gasteiger charge is -1.94. The van der Waals surface area contributed by atoms with Gasteiger partial charge < -0.3 is 5.73 Å². The fourth-order valence-electron chi connectivity index (χ4n) is 0.677. The van der Waals surface area contributed by atoms with E-state index in [1.54, 1.807) is 7.05 Å². The first-order valence-corrected chi connectivity index (χ1v) is 3.39. The molecule has 1 rings (SSSR count). The summed E-state index contributed by atoms with van der Waals surface area (Å²) in [6.45, 7) is 0.203. The molecule has 0 spiro atoms. The highest BCUT2D eigenvalue weighted by atomic mass is 32.1. The number of aromatic nitrogens is 3. The van der Waals surface area contributed by atoms with E-state index in [0.717, 1.165) is 0 Å². The second-order valence-corrected chi connectivity index (χ2v) is 2.67. The van der Waals surface area contributed by atoms with Crippen LogP contribution in [0.1, 0.15) is 0 Å². The van der Waals surface area contributed by atoms with E-state index < -0.39 is 0 Å². The summed E-state index contributed by atoms with van der Waals surface area (Å²) in [6.07, 6.45) is 1.42. The summed E-state index contributed by atoms with van der Waals surface area (Å²) in [5.41, 5.74) is 5.01. The molecule has 0 aliphatic rings. The number of rotatable bonds is 2. The molecule has 0 saturated heterocycles. The van der Waals surface area contributed by atoms with Crippen LogP contribution in [0.15, 0.2) is 11.1 Å². The van der Waals surface area contributed by atoms with Crippen molar-refractivity contribution in [2.24, 2.45) is 12.8 Å². The van der Waals surface area contributed by atoms with E-state index in [1.165, 1.54) is 15.6 Å². The number of thiocarbonyl (C=S) groups is 1. The van der Waals surface area contributed by atoms with Crippen molar-refractivity contribution in [1.82, 2.24) is 14.3 Å². The minimum atomic E-state index is -0.210. The average Bonchev–Trinajstić information content (AvgIpc) is 2.18. The van der Waals surface area contributed by atoms with Gasteiger partial charge in [0, 0.05) is 7.05 Å². The lowest BCUT2D eigenvalue weighted by Crippen LogP contribution is -2.28. The van der Waals surface area contributed by atoms with Crippen LogP contribution < -0.4 is 11.4 Å². The second kappa shape index (κ2) is 2.83. The molecule has 60 valence electrons. The van der Waals surface area contributed by atoms with E-state index >= 15 is 0 Å². The van der Waals surface area contributed by atoms with Crippen molar-refractivity contribution in [2.45, 2.75) is 6.54 Å². The smallest absolute Gasteiger partial charge is 0.345 e. The third-order valence-corrected chi connectivity index (χ3v) is 1.32. The molecule has 5 nitrogen and oxygen atoms in total. The molecule has 6 heteroatoms. The van der Waals surface area contributed by atoms with Crippen LogP contribution >= 0.6 is 12.2 Å². The molecule has 0 atom stereocenters. The summed E-state index contributed by atoms with van der Waals surface area (Å²) in [6, 6.07) is 0. The molecule has 2 N–H and O–H groups in total. The van der Waals surface area contributed by atoms with E-state index in [9.17, 15) is 4.79 Å². The summed E-state index contributed by atoms with van der Waals surface area (Å²) < 4.78 is 2.57. The lowest BCUT2D eigenvalue weighted by atomic mass is 10.7. The largest absolute Gasteiger partial charge is 0.392 e. The predicted molar refractivity (Wildman–Crippen MR) is 44.3 cm³/mol.